The molecule has 1 aliphatic rings. The molecule has 0 aliphatic carbocycles. The zero-order chi connectivity index (χ0) is 16.7. The maximum absolute atomic E-state index is 12.0. The number of carbonyl (C=O) groups excluding carboxylic acids is 2. The first-order valence-corrected chi connectivity index (χ1v) is 8.34. The highest BCUT2D eigenvalue weighted by molar-refractivity contribution is 5.96. The van der Waals surface area contributed by atoms with E-state index in [1.54, 1.807) is 24.3 Å². The fourth-order valence-electron chi connectivity index (χ4n) is 2.84. The van der Waals surface area contributed by atoms with E-state index < -0.39 is 0 Å². The minimum atomic E-state index is -0.226. The summed E-state index contributed by atoms with van der Waals surface area (Å²) in [5.74, 6) is -0.379. The molecule has 23 heavy (non-hydrogen) atoms. The Morgan fingerprint density at radius 3 is 2.35 bits per heavy atom. The van der Waals surface area contributed by atoms with Gasteiger partial charge in [-0.2, -0.15) is 0 Å². The van der Waals surface area contributed by atoms with Crippen molar-refractivity contribution in [1.82, 2.24) is 15.5 Å². The van der Waals surface area contributed by atoms with Crippen molar-refractivity contribution in [2.24, 2.45) is 0 Å². The second-order valence-corrected chi connectivity index (χ2v) is 6.69. The Balaban J connectivity index is 1.73. The molecule has 2 N–H and O–H groups in total. The zero-order valence-electron chi connectivity index (χ0n) is 14.1. The number of amides is 2. The van der Waals surface area contributed by atoms with Gasteiger partial charge in [0.05, 0.1) is 6.54 Å². The molecule has 0 aromatic heterocycles. The second-order valence-electron chi connectivity index (χ2n) is 6.69. The van der Waals surface area contributed by atoms with Gasteiger partial charge in [-0.1, -0.05) is 24.6 Å². The topological polar surface area (TPSA) is 61.4 Å². The zero-order valence-corrected chi connectivity index (χ0v) is 14.1. The molecular formula is C18H27N3O2. The van der Waals surface area contributed by atoms with Crippen molar-refractivity contribution in [3.8, 4) is 0 Å². The van der Waals surface area contributed by atoms with E-state index in [1.165, 1.54) is 19.3 Å². The van der Waals surface area contributed by atoms with Gasteiger partial charge >= 0.3 is 0 Å². The summed E-state index contributed by atoms with van der Waals surface area (Å²) in [6.07, 6.45) is 3.75. The average Bonchev–Trinajstić information content (AvgIpc) is 2.59. The lowest BCUT2D eigenvalue weighted by molar-refractivity contribution is -0.120. The second kappa shape index (κ2) is 8.11. The van der Waals surface area contributed by atoms with Crippen molar-refractivity contribution < 1.29 is 9.59 Å². The monoisotopic (exact) mass is 317 g/mol. The smallest absolute Gasteiger partial charge is 0.251 e. The molecule has 1 saturated heterocycles. The lowest BCUT2D eigenvalue weighted by Crippen LogP contribution is -2.54. The molecule has 0 spiro atoms. The Hall–Kier alpha value is -1.88. The predicted molar refractivity (Wildman–Crippen MR) is 91.3 cm³/mol. The molecule has 1 aromatic rings. The van der Waals surface area contributed by atoms with Crippen LogP contribution in [0.15, 0.2) is 30.3 Å². The Bertz CT molecular complexity index is 522. The van der Waals surface area contributed by atoms with E-state index in [0.717, 1.165) is 13.1 Å². The molecule has 0 unspecified atom stereocenters. The maximum Gasteiger partial charge on any atom is 0.251 e. The van der Waals surface area contributed by atoms with Gasteiger partial charge in [0.25, 0.3) is 5.91 Å². The largest absolute Gasteiger partial charge is 0.353 e. The molecule has 1 fully saturated rings. The normalized spacial score (nSPS) is 15.9. The van der Waals surface area contributed by atoms with Crippen LogP contribution in [0.3, 0.4) is 0 Å². The summed E-state index contributed by atoms with van der Waals surface area (Å²) >= 11 is 0. The number of carbonyl (C=O) groups is 2. The summed E-state index contributed by atoms with van der Waals surface area (Å²) in [4.78, 5) is 26.3. The van der Waals surface area contributed by atoms with Gasteiger partial charge in [0.1, 0.15) is 0 Å². The van der Waals surface area contributed by atoms with E-state index in [4.69, 9.17) is 0 Å². The standard InChI is InChI=1S/C18H27N3O2/c1-18(2,21-11-7-4-8-12-21)14-20-16(22)13-19-17(23)15-9-5-3-6-10-15/h3,5-6,9-10H,4,7-8,11-14H2,1-2H3,(H,19,23)(H,20,22). The molecule has 1 aliphatic heterocycles. The van der Waals surface area contributed by atoms with Gasteiger partial charge in [-0.05, 0) is 51.9 Å². The summed E-state index contributed by atoms with van der Waals surface area (Å²) in [5, 5.41) is 5.58. The van der Waals surface area contributed by atoms with Crippen LogP contribution in [0.5, 0.6) is 0 Å². The highest BCUT2D eigenvalue weighted by Gasteiger charge is 2.28. The summed E-state index contributed by atoms with van der Waals surface area (Å²) in [5.41, 5.74) is 0.508. The van der Waals surface area contributed by atoms with E-state index in [1.807, 2.05) is 6.07 Å². The van der Waals surface area contributed by atoms with Crippen molar-refractivity contribution in [3.05, 3.63) is 35.9 Å². The first kappa shape index (κ1) is 17.5. The van der Waals surface area contributed by atoms with Crippen LogP contribution in [0.1, 0.15) is 43.5 Å². The summed E-state index contributed by atoms with van der Waals surface area (Å²) in [6, 6.07) is 8.91. The molecule has 2 amide bonds. The third-order valence-corrected chi connectivity index (χ3v) is 4.38. The molecule has 1 heterocycles. The van der Waals surface area contributed by atoms with Crippen LogP contribution >= 0.6 is 0 Å². The van der Waals surface area contributed by atoms with Crippen molar-refractivity contribution in [2.75, 3.05) is 26.2 Å². The Morgan fingerprint density at radius 1 is 1.04 bits per heavy atom. The van der Waals surface area contributed by atoms with Crippen molar-refractivity contribution in [2.45, 2.75) is 38.6 Å². The van der Waals surface area contributed by atoms with Crippen LogP contribution in [-0.4, -0.2) is 48.4 Å². The highest BCUT2D eigenvalue weighted by atomic mass is 16.2. The van der Waals surface area contributed by atoms with E-state index in [0.29, 0.717) is 12.1 Å². The lowest BCUT2D eigenvalue weighted by Gasteiger charge is -2.41. The van der Waals surface area contributed by atoms with Crippen molar-refractivity contribution >= 4 is 11.8 Å². The fourth-order valence-corrected chi connectivity index (χ4v) is 2.84. The van der Waals surface area contributed by atoms with E-state index in [-0.39, 0.29) is 23.9 Å². The molecule has 0 saturated carbocycles. The van der Waals surface area contributed by atoms with E-state index in [2.05, 4.69) is 29.4 Å². The molecule has 5 heteroatoms. The third-order valence-electron chi connectivity index (χ3n) is 4.38. The average molecular weight is 317 g/mol. The number of nitrogens with one attached hydrogen (secondary N) is 2. The van der Waals surface area contributed by atoms with Gasteiger partial charge < -0.3 is 10.6 Å². The molecule has 5 nitrogen and oxygen atoms in total. The lowest BCUT2D eigenvalue weighted by atomic mass is 9.98. The summed E-state index contributed by atoms with van der Waals surface area (Å²) in [6.45, 7) is 7.08. The molecule has 0 atom stereocenters. The van der Waals surface area contributed by atoms with Crippen LogP contribution in [0.4, 0.5) is 0 Å². The van der Waals surface area contributed by atoms with Gasteiger partial charge in [-0.3, -0.25) is 14.5 Å². The van der Waals surface area contributed by atoms with Crippen LogP contribution < -0.4 is 10.6 Å². The molecular weight excluding hydrogens is 290 g/mol. The van der Waals surface area contributed by atoms with Crippen LogP contribution in [0.25, 0.3) is 0 Å². The summed E-state index contributed by atoms with van der Waals surface area (Å²) < 4.78 is 0. The van der Waals surface area contributed by atoms with Gasteiger partial charge in [0, 0.05) is 17.6 Å². The molecule has 1 aromatic carbocycles. The van der Waals surface area contributed by atoms with E-state index >= 15 is 0 Å². The highest BCUT2D eigenvalue weighted by Crippen LogP contribution is 2.19. The Morgan fingerprint density at radius 2 is 1.70 bits per heavy atom. The fraction of sp³-hybridized carbons (Fsp3) is 0.556. The molecule has 2 rings (SSSR count). The van der Waals surface area contributed by atoms with Crippen LogP contribution in [0.2, 0.25) is 0 Å². The van der Waals surface area contributed by atoms with Crippen molar-refractivity contribution in [3.63, 3.8) is 0 Å². The minimum absolute atomic E-state index is 0.00378. The number of rotatable bonds is 6. The third kappa shape index (κ3) is 5.36. The Labute approximate surface area is 138 Å². The van der Waals surface area contributed by atoms with Crippen molar-refractivity contribution in [1.29, 1.82) is 0 Å². The quantitative estimate of drug-likeness (QED) is 0.841. The number of hydrogen-bond acceptors (Lipinski definition) is 3. The number of likely N-dealkylation sites (tertiary alicyclic amines) is 1. The summed E-state index contributed by atoms with van der Waals surface area (Å²) in [7, 11) is 0. The van der Waals surface area contributed by atoms with Gasteiger partial charge in [-0.15, -0.1) is 0 Å². The first-order valence-electron chi connectivity index (χ1n) is 8.34. The number of hydrogen-bond donors (Lipinski definition) is 2. The molecule has 0 radical (unpaired) electrons. The molecule has 126 valence electrons. The minimum Gasteiger partial charge on any atom is -0.353 e. The van der Waals surface area contributed by atoms with Crippen LogP contribution in [0, 0.1) is 0 Å². The SMILES string of the molecule is CC(C)(CNC(=O)CNC(=O)c1ccccc1)N1CCCCC1. The van der Waals surface area contributed by atoms with Crippen LogP contribution in [-0.2, 0) is 4.79 Å². The van der Waals surface area contributed by atoms with Gasteiger partial charge in [-0.25, -0.2) is 0 Å². The number of benzene rings is 1. The van der Waals surface area contributed by atoms with E-state index in [9.17, 15) is 9.59 Å². The molecule has 0 bridgehead atoms. The number of nitrogens with zero attached hydrogens (tertiary/aromatic N) is 1. The number of piperidine rings is 1. The maximum atomic E-state index is 12.0. The Kier molecular flexibility index (Phi) is 6.16. The van der Waals surface area contributed by atoms with Gasteiger partial charge in [0.2, 0.25) is 5.91 Å². The first-order chi connectivity index (χ1) is 11.0. The predicted octanol–water partition coefficient (Wildman–Crippen LogP) is 1.80. The van der Waals surface area contributed by atoms with Gasteiger partial charge in [0.15, 0.2) is 0 Å².